The predicted octanol–water partition coefficient (Wildman–Crippen LogP) is 4.72. The zero-order valence-corrected chi connectivity index (χ0v) is 14.7. The second-order valence-corrected chi connectivity index (χ2v) is 6.23. The van der Waals surface area contributed by atoms with Crippen LogP contribution in [0.15, 0.2) is 48.5 Å². The average molecular weight is 332 g/mol. The maximum Gasteiger partial charge on any atom is 0.119 e. The minimum Gasteiger partial charge on any atom is -0.497 e. The molecule has 1 unspecified atom stereocenters. The number of halogens is 1. The molecule has 0 spiro atoms. The molecule has 0 saturated carbocycles. The van der Waals surface area contributed by atoms with Crippen LogP contribution in [-0.4, -0.2) is 13.2 Å². The summed E-state index contributed by atoms with van der Waals surface area (Å²) in [6.45, 7) is 2.26. The van der Waals surface area contributed by atoms with Crippen LogP contribution in [0.2, 0.25) is 0 Å². The summed E-state index contributed by atoms with van der Waals surface area (Å²) < 4.78 is 5.39. The van der Waals surface area contributed by atoms with Gasteiger partial charge < -0.3 is 10.1 Å². The molecule has 0 aliphatic heterocycles. The van der Waals surface area contributed by atoms with Crippen LogP contribution in [-0.2, 0) is 12.8 Å². The van der Waals surface area contributed by atoms with E-state index in [2.05, 4.69) is 60.8 Å². The van der Waals surface area contributed by atoms with Gasteiger partial charge in [0, 0.05) is 12.1 Å². The van der Waals surface area contributed by atoms with Gasteiger partial charge in [-0.15, -0.1) is 12.4 Å². The Morgan fingerprint density at radius 1 is 1.09 bits per heavy atom. The number of fused-ring (bicyclic) bond motifs is 1. The van der Waals surface area contributed by atoms with E-state index in [0.29, 0.717) is 12.1 Å². The van der Waals surface area contributed by atoms with Gasteiger partial charge in [-0.1, -0.05) is 36.4 Å². The highest BCUT2D eigenvalue weighted by Gasteiger charge is 2.19. The third-order valence-electron chi connectivity index (χ3n) is 4.66. The molecule has 0 heterocycles. The Hall–Kier alpha value is -1.51. The molecule has 2 aromatic carbocycles. The van der Waals surface area contributed by atoms with Crippen molar-refractivity contribution in [1.82, 2.24) is 5.32 Å². The van der Waals surface area contributed by atoms with Gasteiger partial charge in [-0.05, 0) is 61.4 Å². The summed E-state index contributed by atoms with van der Waals surface area (Å²) >= 11 is 0. The largest absolute Gasteiger partial charge is 0.497 e. The Labute approximate surface area is 145 Å². The van der Waals surface area contributed by atoms with Crippen LogP contribution in [0.25, 0.3) is 0 Å². The quantitative estimate of drug-likeness (QED) is 0.819. The van der Waals surface area contributed by atoms with E-state index in [1.807, 2.05) is 0 Å². The number of methoxy groups -OCH3 is 1. The van der Waals surface area contributed by atoms with E-state index in [1.54, 1.807) is 7.11 Å². The predicted molar refractivity (Wildman–Crippen MR) is 98.7 cm³/mol. The second-order valence-electron chi connectivity index (χ2n) is 6.23. The number of ether oxygens (including phenoxy) is 1. The lowest BCUT2D eigenvalue weighted by atomic mass is 10.00. The first-order valence-electron chi connectivity index (χ1n) is 8.23. The molecule has 1 aliphatic rings. The minimum absolute atomic E-state index is 0. The average Bonchev–Trinajstić information content (AvgIpc) is 2.76. The Balaban J connectivity index is 0.00000192. The number of hydrogen-bond donors (Lipinski definition) is 1. The maximum atomic E-state index is 5.39. The molecule has 23 heavy (non-hydrogen) atoms. The zero-order chi connectivity index (χ0) is 15.4. The van der Waals surface area contributed by atoms with Gasteiger partial charge in [-0.3, -0.25) is 0 Å². The molecule has 2 atom stereocenters. The van der Waals surface area contributed by atoms with E-state index in [1.165, 1.54) is 36.0 Å². The number of rotatable bonds is 4. The Morgan fingerprint density at radius 2 is 1.87 bits per heavy atom. The van der Waals surface area contributed by atoms with Crippen molar-refractivity contribution in [1.29, 1.82) is 0 Å². The van der Waals surface area contributed by atoms with E-state index in [9.17, 15) is 0 Å². The van der Waals surface area contributed by atoms with Crippen LogP contribution >= 0.6 is 12.4 Å². The van der Waals surface area contributed by atoms with Crippen LogP contribution in [0.3, 0.4) is 0 Å². The summed E-state index contributed by atoms with van der Waals surface area (Å²) in [4.78, 5) is 0. The molecule has 1 aliphatic carbocycles. The molecule has 0 radical (unpaired) electrons. The molecule has 0 bridgehead atoms. The van der Waals surface area contributed by atoms with Crippen molar-refractivity contribution in [3.8, 4) is 5.75 Å². The summed E-state index contributed by atoms with van der Waals surface area (Å²) in [5.41, 5.74) is 4.28. The fourth-order valence-electron chi connectivity index (χ4n) is 3.40. The van der Waals surface area contributed by atoms with Gasteiger partial charge in [0.25, 0.3) is 0 Å². The lowest BCUT2D eigenvalue weighted by Crippen LogP contribution is -2.33. The van der Waals surface area contributed by atoms with Crippen molar-refractivity contribution in [3.63, 3.8) is 0 Å². The number of nitrogens with one attached hydrogen (secondary N) is 1. The summed E-state index contributed by atoms with van der Waals surface area (Å²) in [6.07, 6.45) is 4.74. The van der Waals surface area contributed by atoms with Crippen molar-refractivity contribution in [2.75, 3.05) is 7.11 Å². The molecule has 3 rings (SSSR count). The highest BCUT2D eigenvalue weighted by atomic mass is 35.5. The third kappa shape index (κ3) is 4.49. The highest BCUT2D eigenvalue weighted by Crippen LogP contribution is 2.26. The van der Waals surface area contributed by atoms with Crippen molar-refractivity contribution in [3.05, 3.63) is 65.2 Å². The molecule has 2 nitrogen and oxygen atoms in total. The van der Waals surface area contributed by atoms with Crippen molar-refractivity contribution in [2.24, 2.45) is 0 Å². The topological polar surface area (TPSA) is 21.3 Å². The van der Waals surface area contributed by atoms with Gasteiger partial charge in [0.05, 0.1) is 7.11 Å². The van der Waals surface area contributed by atoms with Gasteiger partial charge in [0.2, 0.25) is 0 Å². The molecular weight excluding hydrogens is 306 g/mol. The molecule has 0 fully saturated rings. The Kier molecular flexibility index (Phi) is 6.49. The molecule has 1 N–H and O–H groups in total. The van der Waals surface area contributed by atoms with E-state index in [0.717, 1.165) is 12.2 Å². The van der Waals surface area contributed by atoms with Gasteiger partial charge in [-0.25, -0.2) is 0 Å². The molecular formula is C20H26ClNO. The summed E-state index contributed by atoms with van der Waals surface area (Å²) in [5.74, 6) is 0.968. The molecule has 0 amide bonds. The second kappa shape index (κ2) is 8.37. The first-order chi connectivity index (χ1) is 10.8. The smallest absolute Gasteiger partial charge is 0.119 e. The third-order valence-corrected chi connectivity index (χ3v) is 4.66. The standard InChI is InChI=1S/C20H25NO.ClH/c1-15(16-7-4-3-5-8-16)21-19-10-6-9-17-11-12-20(22-2)14-18(17)13-19;/h3-5,7-8,11-12,14-15,19,21H,6,9-10,13H2,1-2H3;1H/t15-,19?;/m1./s1. The molecule has 0 aromatic heterocycles. The van der Waals surface area contributed by atoms with E-state index >= 15 is 0 Å². The lowest BCUT2D eigenvalue weighted by molar-refractivity contribution is 0.412. The van der Waals surface area contributed by atoms with Gasteiger partial charge in [-0.2, -0.15) is 0 Å². The highest BCUT2D eigenvalue weighted by molar-refractivity contribution is 5.85. The van der Waals surface area contributed by atoms with Crippen LogP contribution in [0.4, 0.5) is 0 Å². The van der Waals surface area contributed by atoms with Crippen molar-refractivity contribution in [2.45, 2.75) is 44.7 Å². The van der Waals surface area contributed by atoms with Crippen LogP contribution in [0, 0.1) is 0 Å². The van der Waals surface area contributed by atoms with Crippen LogP contribution in [0.5, 0.6) is 5.75 Å². The summed E-state index contributed by atoms with van der Waals surface area (Å²) in [6, 6.07) is 18.1. The first kappa shape index (κ1) is 17.8. The van der Waals surface area contributed by atoms with Gasteiger partial charge in [0.1, 0.15) is 5.75 Å². The fraction of sp³-hybridized carbons (Fsp3) is 0.400. The minimum atomic E-state index is 0. The number of aryl methyl sites for hydroxylation is 1. The van der Waals surface area contributed by atoms with Crippen molar-refractivity contribution >= 4 is 12.4 Å². The Bertz CT molecular complexity index is 614. The maximum absolute atomic E-state index is 5.39. The summed E-state index contributed by atoms with van der Waals surface area (Å²) in [5, 5.41) is 3.81. The first-order valence-corrected chi connectivity index (χ1v) is 8.23. The van der Waals surface area contributed by atoms with E-state index in [4.69, 9.17) is 4.74 Å². The van der Waals surface area contributed by atoms with Crippen molar-refractivity contribution < 1.29 is 4.74 Å². The Morgan fingerprint density at radius 3 is 2.61 bits per heavy atom. The zero-order valence-electron chi connectivity index (χ0n) is 13.9. The summed E-state index contributed by atoms with van der Waals surface area (Å²) in [7, 11) is 1.74. The van der Waals surface area contributed by atoms with Gasteiger partial charge >= 0.3 is 0 Å². The fourth-order valence-corrected chi connectivity index (χ4v) is 3.40. The van der Waals surface area contributed by atoms with Crippen LogP contribution in [0.1, 0.15) is 42.5 Å². The van der Waals surface area contributed by atoms with E-state index in [-0.39, 0.29) is 12.4 Å². The molecule has 2 aromatic rings. The van der Waals surface area contributed by atoms with E-state index < -0.39 is 0 Å². The molecule has 3 heteroatoms. The van der Waals surface area contributed by atoms with Gasteiger partial charge in [0.15, 0.2) is 0 Å². The number of benzene rings is 2. The normalized spacial score (nSPS) is 18.3. The number of hydrogen-bond acceptors (Lipinski definition) is 2. The monoisotopic (exact) mass is 331 g/mol. The molecule has 0 saturated heterocycles. The SMILES string of the molecule is COc1ccc2c(c1)CC(N[C@H](C)c1ccccc1)CCC2.Cl. The lowest BCUT2D eigenvalue weighted by Gasteiger charge is -2.23. The van der Waals surface area contributed by atoms with Crippen LogP contribution < -0.4 is 10.1 Å². The molecule has 124 valence electrons.